The van der Waals surface area contributed by atoms with Crippen LogP contribution in [0.25, 0.3) is 11.0 Å². The molecule has 4 aromatic rings. The first-order valence-corrected chi connectivity index (χ1v) is 15.9. The molecule has 1 saturated carbocycles. The fraction of sp³-hybridized carbons (Fsp3) is 0.419. The Hall–Kier alpha value is -3.87. The number of benzene rings is 2. The Bertz CT molecular complexity index is 1850. The number of pyridine rings is 1. The number of nitrogens with zero attached hydrogens (tertiary/aromatic N) is 5. The van der Waals surface area contributed by atoms with E-state index in [1.165, 1.54) is 29.4 Å². The van der Waals surface area contributed by atoms with Gasteiger partial charge in [-0.25, -0.2) is 18.1 Å². The van der Waals surface area contributed by atoms with Crippen molar-refractivity contribution in [3.8, 4) is 5.88 Å². The standard InChI is InChI=1S/C31H33N5O6S/c1-19-5-8-22(25(13-28(37)38)24-9-10-26-29(20(24)2)33-34-36(26)14-21-6-7-21)12-23(19)15-35-16-31(17-41-18-31)42-30-27(43(35,39)40)4-3-11-32-30/h3-5,8-12,21,25H,6-7,13-18H2,1-2H3,(H,37,38)/t25-/m1/s1. The van der Waals surface area contributed by atoms with Gasteiger partial charge in [-0.05, 0) is 78.6 Å². The average molecular weight is 604 g/mol. The number of carboxylic acid groups (broad SMARTS) is 1. The number of aliphatic carboxylic acids is 1. The van der Waals surface area contributed by atoms with Gasteiger partial charge in [-0.2, -0.15) is 4.31 Å². The van der Waals surface area contributed by atoms with Gasteiger partial charge in [0, 0.05) is 25.2 Å². The van der Waals surface area contributed by atoms with Crippen molar-refractivity contribution in [2.45, 2.75) is 62.6 Å². The summed E-state index contributed by atoms with van der Waals surface area (Å²) in [6.45, 7) is 5.47. The van der Waals surface area contributed by atoms with E-state index in [1.807, 2.05) is 48.9 Å². The molecular weight excluding hydrogens is 570 g/mol. The minimum Gasteiger partial charge on any atom is -0.481 e. The molecule has 1 saturated heterocycles. The molecule has 0 radical (unpaired) electrons. The lowest BCUT2D eigenvalue weighted by atomic mass is 9.84. The lowest BCUT2D eigenvalue weighted by molar-refractivity contribution is -0.166. The smallest absolute Gasteiger partial charge is 0.304 e. The molecule has 0 bridgehead atoms. The molecule has 224 valence electrons. The fourth-order valence-corrected chi connectivity index (χ4v) is 7.70. The van der Waals surface area contributed by atoms with E-state index in [0.29, 0.717) is 5.92 Å². The zero-order chi connectivity index (χ0) is 29.9. The molecular formula is C31H33N5O6S. The predicted molar refractivity (Wildman–Crippen MR) is 156 cm³/mol. The third-order valence-corrected chi connectivity index (χ3v) is 10.7. The maximum atomic E-state index is 13.9. The molecule has 11 nitrogen and oxygen atoms in total. The van der Waals surface area contributed by atoms with Crippen LogP contribution in [0.2, 0.25) is 0 Å². The Morgan fingerprint density at radius 1 is 1.16 bits per heavy atom. The molecule has 12 heteroatoms. The Morgan fingerprint density at radius 3 is 2.70 bits per heavy atom. The van der Waals surface area contributed by atoms with Crippen molar-refractivity contribution in [3.63, 3.8) is 0 Å². The molecule has 1 N–H and O–H groups in total. The van der Waals surface area contributed by atoms with Gasteiger partial charge in [-0.3, -0.25) is 4.79 Å². The maximum absolute atomic E-state index is 13.9. The quantitative estimate of drug-likeness (QED) is 0.319. The van der Waals surface area contributed by atoms with Crippen molar-refractivity contribution in [2.75, 3.05) is 19.8 Å². The van der Waals surface area contributed by atoms with Crippen LogP contribution in [0.1, 0.15) is 53.0 Å². The zero-order valence-electron chi connectivity index (χ0n) is 24.1. The van der Waals surface area contributed by atoms with Gasteiger partial charge in [0.05, 0.1) is 31.7 Å². The molecule has 7 rings (SSSR count). The van der Waals surface area contributed by atoms with Gasteiger partial charge in [-0.15, -0.1) is 5.10 Å². The van der Waals surface area contributed by atoms with Crippen molar-refractivity contribution in [1.29, 1.82) is 0 Å². The first kappa shape index (κ1) is 27.9. The van der Waals surface area contributed by atoms with Crippen LogP contribution in [-0.4, -0.2) is 69.1 Å². The van der Waals surface area contributed by atoms with Crippen LogP contribution in [0.4, 0.5) is 0 Å². The van der Waals surface area contributed by atoms with Crippen molar-refractivity contribution in [3.05, 3.63) is 76.5 Å². The van der Waals surface area contributed by atoms with Crippen LogP contribution >= 0.6 is 0 Å². The molecule has 2 aromatic heterocycles. The molecule has 43 heavy (non-hydrogen) atoms. The Kier molecular flexibility index (Phi) is 6.75. The van der Waals surface area contributed by atoms with E-state index in [9.17, 15) is 18.3 Å². The normalized spacial score (nSPS) is 19.8. The summed E-state index contributed by atoms with van der Waals surface area (Å²) in [4.78, 5) is 16.4. The van der Waals surface area contributed by atoms with Crippen LogP contribution in [0, 0.1) is 19.8 Å². The van der Waals surface area contributed by atoms with Crippen LogP contribution in [0.5, 0.6) is 5.88 Å². The second-order valence-electron chi connectivity index (χ2n) is 12.1. The van der Waals surface area contributed by atoms with E-state index < -0.39 is 27.5 Å². The summed E-state index contributed by atoms with van der Waals surface area (Å²) >= 11 is 0. The van der Waals surface area contributed by atoms with Crippen LogP contribution in [0.15, 0.2) is 53.6 Å². The highest BCUT2D eigenvalue weighted by atomic mass is 32.2. The summed E-state index contributed by atoms with van der Waals surface area (Å²) in [5.41, 5.74) is 5.16. The lowest BCUT2D eigenvalue weighted by Crippen LogP contribution is -2.60. The Morgan fingerprint density at radius 2 is 1.98 bits per heavy atom. The Balaban J connectivity index is 1.26. The van der Waals surface area contributed by atoms with Gasteiger partial charge >= 0.3 is 5.97 Å². The highest BCUT2D eigenvalue weighted by Gasteiger charge is 2.49. The van der Waals surface area contributed by atoms with E-state index in [-0.39, 0.29) is 43.5 Å². The summed E-state index contributed by atoms with van der Waals surface area (Å²) in [7, 11) is -3.94. The van der Waals surface area contributed by atoms with Gasteiger partial charge in [-0.1, -0.05) is 29.5 Å². The third kappa shape index (κ3) is 5.07. The van der Waals surface area contributed by atoms with Crippen LogP contribution in [-0.2, 0) is 32.6 Å². The van der Waals surface area contributed by atoms with Crippen molar-refractivity contribution >= 4 is 27.0 Å². The number of aryl methyl sites for hydroxylation is 2. The third-order valence-electron chi connectivity index (χ3n) is 8.85. The predicted octanol–water partition coefficient (Wildman–Crippen LogP) is 3.81. The summed E-state index contributed by atoms with van der Waals surface area (Å²) < 4.78 is 42.7. The van der Waals surface area contributed by atoms with E-state index in [2.05, 4.69) is 15.3 Å². The number of carbonyl (C=O) groups is 1. The highest BCUT2D eigenvalue weighted by Crippen LogP contribution is 2.39. The van der Waals surface area contributed by atoms with E-state index in [0.717, 1.165) is 45.4 Å². The second-order valence-corrected chi connectivity index (χ2v) is 14.0. The van der Waals surface area contributed by atoms with Gasteiger partial charge < -0.3 is 14.6 Å². The first-order chi connectivity index (χ1) is 20.6. The van der Waals surface area contributed by atoms with Crippen molar-refractivity contribution in [2.24, 2.45) is 5.92 Å². The summed E-state index contributed by atoms with van der Waals surface area (Å²) in [5.74, 6) is -0.658. The van der Waals surface area contributed by atoms with Crippen LogP contribution in [0.3, 0.4) is 0 Å². The number of carboxylic acids is 1. The van der Waals surface area contributed by atoms with Gasteiger partial charge in [0.2, 0.25) is 15.9 Å². The molecule has 0 amide bonds. The molecule has 1 aliphatic carbocycles. The molecule has 4 heterocycles. The topological polar surface area (TPSA) is 137 Å². The molecule has 1 spiro atoms. The lowest BCUT2D eigenvalue weighted by Gasteiger charge is -2.41. The van der Waals surface area contributed by atoms with Crippen molar-refractivity contribution < 1.29 is 27.8 Å². The summed E-state index contributed by atoms with van der Waals surface area (Å²) in [6.07, 6.45) is 3.80. The molecule has 1 atom stereocenters. The second kappa shape index (κ2) is 10.4. The molecule has 2 fully saturated rings. The highest BCUT2D eigenvalue weighted by molar-refractivity contribution is 7.89. The summed E-state index contributed by atoms with van der Waals surface area (Å²) in [5, 5.41) is 18.8. The molecule has 2 aromatic carbocycles. The van der Waals surface area contributed by atoms with E-state index >= 15 is 0 Å². The van der Waals surface area contributed by atoms with E-state index in [4.69, 9.17) is 9.47 Å². The minimum atomic E-state index is -3.94. The number of fused-ring (bicyclic) bond motifs is 2. The minimum absolute atomic E-state index is 0.0231. The first-order valence-electron chi connectivity index (χ1n) is 14.5. The number of sulfonamides is 1. The van der Waals surface area contributed by atoms with Crippen LogP contribution < -0.4 is 4.74 Å². The molecule has 2 aliphatic heterocycles. The fourth-order valence-electron chi connectivity index (χ4n) is 6.14. The largest absolute Gasteiger partial charge is 0.481 e. The average Bonchev–Trinajstić information content (AvgIpc) is 3.70. The van der Waals surface area contributed by atoms with Crippen molar-refractivity contribution in [1.82, 2.24) is 24.3 Å². The number of ether oxygens (including phenoxy) is 2. The maximum Gasteiger partial charge on any atom is 0.304 e. The van der Waals surface area contributed by atoms with Gasteiger partial charge in [0.25, 0.3) is 0 Å². The Labute approximate surface area is 249 Å². The zero-order valence-corrected chi connectivity index (χ0v) is 24.9. The van der Waals surface area contributed by atoms with Gasteiger partial charge in [0.15, 0.2) is 5.60 Å². The SMILES string of the molecule is Cc1ccc([C@@H](CC(=O)O)c2ccc3c(nnn3CC3CC3)c2C)cc1CN1CC2(COC2)Oc2ncccc2S1(=O)=O. The molecule has 0 unspecified atom stereocenters. The number of hydrogen-bond acceptors (Lipinski definition) is 8. The van der Waals surface area contributed by atoms with E-state index in [1.54, 1.807) is 6.07 Å². The number of aromatic nitrogens is 4. The number of hydrogen-bond donors (Lipinski definition) is 1. The summed E-state index contributed by atoms with van der Waals surface area (Å²) in [6, 6.07) is 12.9. The monoisotopic (exact) mass is 603 g/mol. The number of rotatable bonds is 8. The molecule has 3 aliphatic rings. The van der Waals surface area contributed by atoms with Gasteiger partial charge in [0.1, 0.15) is 10.4 Å².